The molecule has 1 amide bonds. The van der Waals surface area contributed by atoms with Crippen molar-refractivity contribution < 1.29 is 27.9 Å². The van der Waals surface area contributed by atoms with Gasteiger partial charge in [0.2, 0.25) is 15.9 Å². The summed E-state index contributed by atoms with van der Waals surface area (Å²) >= 11 is 1.31. The SMILES string of the molecule is CS(=O)(=O)NCCC(=O)N1CCC2(CC1)OCCc1sc(C(=O)O)cc12. The highest BCUT2D eigenvalue weighted by molar-refractivity contribution is 7.88. The van der Waals surface area contributed by atoms with Crippen LogP contribution >= 0.6 is 11.3 Å². The number of hydrogen-bond acceptors (Lipinski definition) is 6. The van der Waals surface area contributed by atoms with Gasteiger partial charge < -0.3 is 14.7 Å². The zero-order valence-corrected chi connectivity index (χ0v) is 16.1. The molecule has 0 atom stereocenters. The summed E-state index contributed by atoms with van der Waals surface area (Å²) in [6.07, 6.45) is 3.12. The smallest absolute Gasteiger partial charge is 0.345 e. The van der Waals surface area contributed by atoms with Crippen LogP contribution in [0.15, 0.2) is 6.07 Å². The van der Waals surface area contributed by atoms with E-state index in [4.69, 9.17) is 4.74 Å². The molecule has 1 aromatic rings. The average Bonchev–Trinajstić information content (AvgIpc) is 3.00. The van der Waals surface area contributed by atoms with E-state index in [0.29, 0.717) is 37.4 Å². The Morgan fingerprint density at radius 3 is 2.69 bits per heavy atom. The lowest BCUT2D eigenvalue weighted by Crippen LogP contribution is -2.48. The van der Waals surface area contributed by atoms with E-state index in [1.54, 1.807) is 11.0 Å². The number of fused-ring (bicyclic) bond motifs is 2. The molecule has 3 rings (SSSR count). The van der Waals surface area contributed by atoms with Crippen LogP contribution < -0.4 is 4.72 Å². The van der Waals surface area contributed by atoms with Crippen LogP contribution in [0, 0.1) is 0 Å². The molecular weight excluding hydrogens is 380 g/mol. The number of nitrogens with one attached hydrogen (secondary N) is 1. The number of hydrogen-bond donors (Lipinski definition) is 2. The van der Waals surface area contributed by atoms with Gasteiger partial charge in [-0.2, -0.15) is 0 Å². The van der Waals surface area contributed by atoms with E-state index >= 15 is 0 Å². The fourth-order valence-electron chi connectivity index (χ4n) is 3.55. The molecule has 10 heteroatoms. The van der Waals surface area contributed by atoms with Gasteiger partial charge in [0.25, 0.3) is 0 Å². The van der Waals surface area contributed by atoms with Crippen LogP contribution in [0.5, 0.6) is 0 Å². The third-order valence-electron chi connectivity index (χ3n) is 4.85. The lowest BCUT2D eigenvalue weighted by Gasteiger charge is -2.44. The summed E-state index contributed by atoms with van der Waals surface area (Å²) in [6.45, 7) is 1.66. The van der Waals surface area contributed by atoms with Crippen LogP contribution in [0.4, 0.5) is 0 Å². The second kappa shape index (κ2) is 7.26. The van der Waals surface area contributed by atoms with Crippen LogP contribution in [0.2, 0.25) is 0 Å². The van der Waals surface area contributed by atoms with Crippen molar-refractivity contribution in [1.82, 2.24) is 9.62 Å². The zero-order valence-electron chi connectivity index (χ0n) is 14.5. The van der Waals surface area contributed by atoms with Crippen LogP contribution in [0.1, 0.15) is 39.4 Å². The first-order chi connectivity index (χ1) is 12.2. The fraction of sp³-hybridized carbons (Fsp3) is 0.625. The molecular formula is C16H22N2O6S2. The number of ether oxygens (including phenoxy) is 1. The number of thiophene rings is 1. The molecule has 0 aromatic carbocycles. The number of carboxylic acids is 1. The molecule has 1 fully saturated rings. The maximum absolute atomic E-state index is 12.3. The Bertz CT molecular complexity index is 809. The Kier molecular flexibility index (Phi) is 5.38. The first-order valence-electron chi connectivity index (χ1n) is 8.43. The molecule has 2 aliphatic rings. The predicted octanol–water partition coefficient (Wildman–Crippen LogP) is 0.776. The van der Waals surface area contributed by atoms with Crippen molar-refractivity contribution in [2.45, 2.75) is 31.3 Å². The maximum Gasteiger partial charge on any atom is 0.345 e. The number of aromatic carboxylic acids is 1. The normalized spacial score (nSPS) is 19.3. The zero-order chi connectivity index (χ0) is 18.9. The Balaban J connectivity index is 1.63. The van der Waals surface area contributed by atoms with Gasteiger partial charge >= 0.3 is 5.97 Å². The minimum absolute atomic E-state index is 0.0897. The van der Waals surface area contributed by atoms with Crippen LogP contribution in [-0.4, -0.2) is 62.8 Å². The van der Waals surface area contributed by atoms with Gasteiger partial charge in [-0.15, -0.1) is 11.3 Å². The molecule has 26 heavy (non-hydrogen) atoms. The predicted molar refractivity (Wildman–Crippen MR) is 95.9 cm³/mol. The summed E-state index contributed by atoms with van der Waals surface area (Å²) in [6, 6.07) is 1.72. The van der Waals surface area contributed by atoms with E-state index in [9.17, 15) is 23.1 Å². The number of likely N-dealkylation sites (tertiary alicyclic amines) is 1. The van der Waals surface area contributed by atoms with Crippen LogP contribution in [0.25, 0.3) is 0 Å². The Labute approximate surface area is 156 Å². The standard InChI is InChI=1S/C16H22N2O6S2/c1-26(22,23)17-6-2-14(19)18-7-4-16(5-8-18)11-10-13(15(20)21)25-12(11)3-9-24-16/h10,17H,2-9H2,1H3,(H,20,21). The van der Waals surface area contributed by atoms with Crippen molar-refractivity contribution in [3.63, 3.8) is 0 Å². The summed E-state index contributed by atoms with van der Waals surface area (Å²) in [7, 11) is -3.30. The topological polar surface area (TPSA) is 113 Å². The molecule has 1 spiro atoms. The molecule has 8 nitrogen and oxygen atoms in total. The number of carbonyl (C=O) groups is 2. The van der Waals surface area contributed by atoms with Gasteiger partial charge in [0.1, 0.15) is 4.88 Å². The minimum atomic E-state index is -3.30. The van der Waals surface area contributed by atoms with Crippen molar-refractivity contribution in [3.8, 4) is 0 Å². The highest BCUT2D eigenvalue weighted by atomic mass is 32.2. The maximum atomic E-state index is 12.3. The summed E-state index contributed by atoms with van der Waals surface area (Å²) in [5, 5.41) is 9.24. The minimum Gasteiger partial charge on any atom is -0.477 e. The number of amides is 1. The van der Waals surface area contributed by atoms with E-state index < -0.39 is 21.6 Å². The summed E-state index contributed by atoms with van der Waals surface area (Å²) in [5.74, 6) is -1.02. The van der Waals surface area contributed by atoms with E-state index in [0.717, 1.165) is 23.1 Å². The largest absolute Gasteiger partial charge is 0.477 e. The van der Waals surface area contributed by atoms with Gasteiger partial charge in [0.05, 0.1) is 18.5 Å². The highest BCUT2D eigenvalue weighted by Gasteiger charge is 2.43. The summed E-state index contributed by atoms with van der Waals surface area (Å²) < 4.78 is 30.5. The van der Waals surface area contributed by atoms with Gasteiger partial charge in [0, 0.05) is 37.4 Å². The number of piperidine rings is 1. The number of nitrogens with zero attached hydrogens (tertiary/aromatic N) is 1. The van der Waals surface area contributed by atoms with Crippen molar-refractivity contribution in [2.75, 3.05) is 32.5 Å². The molecule has 3 heterocycles. The quantitative estimate of drug-likeness (QED) is 0.752. The number of carbonyl (C=O) groups excluding carboxylic acids is 1. The molecule has 2 N–H and O–H groups in total. The third kappa shape index (κ3) is 4.08. The Hall–Kier alpha value is -1.49. The molecule has 0 unspecified atom stereocenters. The van der Waals surface area contributed by atoms with Gasteiger partial charge in [-0.25, -0.2) is 17.9 Å². The number of carboxylic acid groups (broad SMARTS) is 1. The lowest BCUT2D eigenvalue weighted by molar-refractivity contribution is -0.140. The lowest BCUT2D eigenvalue weighted by atomic mass is 9.82. The Morgan fingerprint density at radius 1 is 1.38 bits per heavy atom. The Morgan fingerprint density at radius 2 is 2.08 bits per heavy atom. The van der Waals surface area contributed by atoms with E-state index in [2.05, 4.69) is 4.72 Å². The number of rotatable bonds is 5. The van der Waals surface area contributed by atoms with Gasteiger partial charge in [-0.05, 0) is 24.5 Å². The average molecular weight is 402 g/mol. The second-order valence-corrected chi connectivity index (χ2v) is 9.61. The molecule has 144 valence electrons. The highest BCUT2D eigenvalue weighted by Crippen LogP contribution is 2.44. The van der Waals surface area contributed by atoms with E-state index in [-0.39, 0.29) is 18.9 Å². The number of sulfonamides is 1. The van der Waals surface area contributed by atoms with E-state index in [1.807, 2.05) is 0 Å². The molecule has 0 saturated carbocycles. The van der Waals surface area contributed by atoms with Gasteiger partial charge in [-0.3, -0.25) is 4.79 Å². The van der Waals surface area contributed by atoms with Crippen LogP contribution in [0.3, 0.4) is 0 Å². The van der Waals surface area contributed by atoms with Gasteiger partial charge in [0.15, 0.2) is 0 Å². The van der Waals surface area contributed by atoms with E-state index in [1.165, 1.54) is 11.3 Å². The first-order valence-corrected chi connectivity index (χ1v) is 11.1. The van der Waals surface area contributed by atoms with Crippen molar-refractivity contribution in [1.29, 1.82) is 0 Å². The summed E-state index contributed by atoms with van der Waals surface area (Å²) in [5.41, 5.74) is 0.441. The monoisotopic (exact) mass is 402 g/mol. The molecule has 0 bridgehead atoms. The van der Waals surface area contributed by atoms with Crippen molar-refractivity contribution in [2.24, 2.45) is 0 Å². The molecule has 1 aromatic heterocycles. The molecule has 0 radical (unpaired) electrons. The van der Waals surface area contributed by atoms with Gasteiger partial charge in [-0.1, -0.05) is 0 Å². The second-order valence-electron chi connectivity index (χ2n) is 6.64. The molecule has 1 saturated heterocycles. The first kappa shape index (κ1) is 19.3. The van der Waals surface area contributed by atoms with Crippen molar-refractivity contribution in [3.05, 3.63) is 21.4 Å². The fourth-order valence-corrected chi connectivity index (χ4v) is 5.10. The van der Waals surface area contributed by atoms with Crippen LogP contribution in [-0.2, 0) is 31.6 Å². The summed E-state index contributed by atoms with van der Waals surface area (Å²) in [4.78, 5) is 26.6. The molecule has 0 aliphatic carbocycles. The molecule has 2 aliphatic heterocycles. The van der Waals surface area contributed by atoms with Crippen molar-refractivity contribution >= 4 is 33.2 Å². The third-order valence-corrected chi connectivity index (χ3v) is 6.76.